The third-order valence-corrected chi connectivity index (χ3v) is 3.74. The molecule has 1 heterocycles. The number of benzene rings is 1. The summed E-state index contributed by atoms with van der Waals surface area (Å²) in [5.41, 5.74) is 1.71. The van der Waals surface area contributed by atoms with E-state index in [0.29, 0.717) is 0 Å². The molecule has 1 aromatic heterocycles. The zero-order valence-corrected chi connectivity index (χ0v) is 13.6. The minimum atomic E-state index is -4.53. The second-order valence-corrected chi connectivity index (χ2v) is 5.95. The zero-order valence-electron chi connectivity index (χ0n) is 12.8. The van der Waals surface area contributed by atoms with Gasteiger partial charge < -0.3 is 5.32 Å². The predicted octanol–water partition coefficient (Wildman–Crippen LogP) is 3.23. The summed E-state index contributed by atoms with van der Waals surface area (Å²) in [5.74, 6) is -1.15. The maximum atomic E-state index is 12.7. The van der Waals surface area contributed by atoms with E-state index in [0.717, 1.165) is 29.5 Å². The van der Waals surface area contributed by atoms with Crippen molar-refractivity contribution in [2.24, 2.45) is 0 Å². The van der Waals surface area contributed by atoms with Crippen LogP contribution in [0.2, 0.25) is 0 Å². The average molecular weight is 357 g/mol. The first-order chi connectivity index (χ1) is 11.2. The highest BCUT2D eigenvalue weighted by Crippen LogP contribution is 2.30. The fraction of sp³-hybridized carbons (Fsp3) is 0.200. The van der Waals surface area contributed by atoms with Gasteiger partial charge in [0, 0.05) is 19.7 Å². The molecule has 0 fully saturated rings. The first kappa shape index (κ1) is 18.0. The number of alkyl halides is 3. The van der Waals surface area contributed by atoms with Crippen LogP contribution < -0.4 is 10.7 Å². The molecule has 0 aliphatic rings. The van der Waals surface area contributed by atoms with E-state index < -0.39 is 23.6 Å². The Morgan fingerprint density at radius 3 is 2.46 bits per heavy atom. The van der Waals surface area contributed by atoms with Crippen molar-refractivity contribution in [2.45, 2.75) is 6.18 Å². The van der Waals surface area contributed by atoms with Crippen LogP contribution in [-0.2, 0) is 6.18 Å². The molecule has 0 atom stereocenters. The van der Waals surface area contributed by atoms with E-state index in [9.17, 15) is 22.8 Å². The van der Waals surface area contributed by atoms with Gasteiger partial charge in [0.25, 0.3) is 11.8 Å². The summed E-state index contributed by atoms with van der Waals surface area (Å²) in [7, 11) is 3.26. The molecule has 2 amide bonds. The van der Waals surface area contributed by atoms with Crippen LogP contribution in [0.1, 0.15) is 26.3 Å². The summed E-state index contributed by atoms with van der Waals surface area (Å²) < 4.78 is 38.1. The summed E-state index contributed by atoms with van der Waals surface area (Å²) in [6.45, 7) is 0. The molecule has 0 unspecified atom stereocenters. The summed E-state index contributed by atoms with van der Waals surface area (Å²) in [6.07, 6.45) is -4.53. The van der Waals surface area contributed by atoms with Crippen molar-refractivity contribution in [2.75, 3.05) is 19.4 Å². The van der Waals surface area contributed by atoms with Gasteiger partial charge in [-0.1, -0.05) is 6.07 Å². The van der Waals surface area contributed by atoms with Crippen molar-refractivity contribution in [3.05, 3.63) is 52.4 Å². The Labute approximate surface area is 140 Å². The number of nitrogens with one attached hydrogen (secondary N) is 2. The van der Waals surface area contributed by atoms with Crippen LogP contribution in [0, 0.1) is 0 Å². The van der Waals surface area contributed by atoms with Crippen LogP contribution in [0.5, 0.6) is 0 Å². The van der Waals surface area contributed by atoms with Crippen LogP contribution in [-0.4, -0.2) is 30.9 Å². The molecule has 5 nitrogen and oxygen atoms in total. The van der Waals surface area contributed by atoms with Crippen molar-refractivity contribution in [1.82, 2.24) is 10.4 Å². The fourth-order valence-corrected chi connectivity index (χ4v) is 2.64. The molecule has 0 bridgehead atoms. The zero-order chi connectivity index (χ0) is 17.9. The first-order valence-electron chi connectivity index (χ1n) is 6.73. The number of thiophene rings is 1. The monoisotopic (exact) mass is 357 g/mol. The number of hydrazine groups is 1. The van der Waals surface area contributed by atoms with Crippen LogP contribution in [0.25, 0.3) is 0 Å². The lowest BCUT2D eigenvalue weighted by Gasteiger charge is -2.12. The van der Waals surface area contributed by atoms with E-state index in [1.807, 2.05) is 0 Å². The number of rotatable bonds is 4. The minimum absolute atomic E-state index is 0.141. The third-order valence-electron chi connectivity index (χ3n) is 2.91. The van der Waals surface area contributed by atoms with Gasteiger partial charge in [0.05, 0.1) is 11.1 Å². The van der Waals surface area contributed by atoms with Gasteiger partial charge in [-0.15, -0.1) is 11.3 Å². The van der Waals surface area contributed by atoms with E-state index >= 15 is 0 Å². The first-order valence-corrected chi connectivity index (χ1v) is 7.61. The molecule has 128 valence electrons. The molecule has 0 aliphatic carbocycles. The van der Waals surface area contributed by atoms with Crippen molar-refractivity contribution in [1.29, 1.82) is 0 Å². The second kappa shape index (κ2) is 7.02. The van der Waals surface area contributed by atoms with Gasteiger partial charge >= 0.3 is 6.18 Å². The van der Waals surface area contributed by atoms with Crippen molar-refractivity contribution in [3.8, 4) is 0 Å². The Bertz CT molecular complexity index is 756. The maximum Gasteiger partial charge on any atom is 0.416 e. The topological polar surface area (TPSA) is 61.4 Å². The number of hydrogen-bond acceptors (Lipinski definition) is 4. The molecule has 0 spiro atoms. The van der Waals surface area contributed by atoms with Gasteiger partial charge in [-0.3, -0.25) is 15.0 Å². The van der Waals surface area contributed by atoms with Gasteiger partial charge in [0.1, 0.15) is 5.00 Å². The lowest BCUT2D eigenvalue weighted by molar-refractivity contribution is -0.137. The van der Waals surface area contributed by atoms with Gasteiger partial charge in [0.15, 0.2) is 0 Å². The number of halogens is 3. The van der Waals surface area contributed by atoms with Gasteiger partial charge in [-0.25, -0.2) is 5.01 Å². The molecule has 2 aromatic rings. The Hall–Kier alpha value is -2.39. The van der Waals surface area contributed by atoms with E-state index in [1.165, 1.54) is 17.1 Å². The number of anilines is 1. The molecular formula is C15H14F3N3O2S. The minimum Gasteiger partial charge on any atom is -0.313 e. The molecule has 0 saturated heterocycles. The molecule has 24 heavy (non-hydrogen) atoms. The second-order valence-electron chi connectivity index (χ2n) is 5.03. The Balaban J connectivity index is 2.20. The number of carbonyl (C=O) groups is 2. The molecule has 1 aromatic carbocycles. The maximum absolute atomic E-state index is 12.7. The lowest BCUT2D eigenvalue weighted by Crippen LogP contribution is -2.36. The number of carbonyl (C=O) groups excluding carboxylic acids is 2. The summed E-state index contributed by atoms with van der Waals surface area (Å²) in [5, 5.41) is 5.78. The van der Waals surface area contributed by atoms with Gasteiger partial charge in [0.2, 0.25) is 0 Å². The largest absolute Gasteiger partial charge is 0.416 e. The molecule has 2 rings (SSSR count). The van der Waals surface area contributed by atoms with Gasteiger partial charge in [-0.2, -0.15) is 13.2 Å². The summed E-state index contributed by atoms with van der Waals surface area (Å²) in [6, 6.07) is 5.61. The van der Waals surface area contributed by atoms with Crippen LogP contribution in [0.15, 0.2) is 35.7 Å². The smallest absolute Gasteiger partial charge is 0.313 e. The molecule has 0 saturated carbocycles. The molecule has 2 N–H and O–H groups in total. The third kappa shape index (κ3) is 4.33. The van der Waals surface area contributed by atoms with Crippen LogP contribution in [0.4, 0.5) is 18.2 Å². The van der Waals surface area contributed by atoms with Gasteiger partial charge in [-0.05, 0) is 29.6 Å². The molecule has 9 heteroatoms. The normalized spacial score (nSPS) is 11.4. The van der Waals surface area contributed by atoms with E-state index in [1.54, 1.807) is 19.5 Å². The van der Waals surface area contributed by atoms with E-state index in [2.05, 4.69) is 10.7 Å². The molecule has 0 aliphatic heterocycles. The van der Waals surface area contributed by atoms with Crippen molar-refractivity contribution >= 4 is 28.2 Å². The average Bonchev–Trinajstić information content (AvgIpc) is 2.94. The Morgan fingerprint density at radius 1 is 1.12 bits per heavy atom. The van der Waals surface area contributed by atoms with E-state index in [-0.39, 0.29) is 16.1 Å². The number of hydrogen-bond donors (Lipinski definition) is 2. The number of amides is 2. The standard InChI is InChI=1S/C15H14F3N3O2S/c1-21(2)20-13(23)11-6-7-24-14(11)19-12(22)9-4-3-5-10(8-9)15(16,17)18/h3-8H,1-2H3,(H,19,22)(H,20,23). The highest BCUT2D eigenvalue weighted by molar-refractivity contribution is 7.14. The fourth-order valence-electron chi connectivity index (χ4n) is 1.86. The molecular weight excluding hydrogens is 343 g/mol. The SMILES string of the molecule is CN(C)NC(=O)c1ccsc1NC(=O)c1cccc(C(F)(F)F)c1. The highest BCUT2D eigenvalue weighted by Gasteiger charge is 2.31. The summed E-state index contributed by atoms with van der Waals surface area (Å²) >= 11 is 1.10. The van der Waals surface area contributed by atoms with E-state index in [4.69, 9.17) is 0 Å². The molecule has 0 radical (unpaired) electrons. The quantitative estimate of drug-likeness (QED) is 0.826. The van der Waals surface area contributed by atoms with Crippen LogP contribution >= 0.6 is 11.3 Å². The Morgan fingerprint density at radius 2 is 1.83 bits per heavy atom. The predicted molar refractivity (Wildman–Crippen MR) is 84.9 cm³/mol. The lowest BCUT2D eigenvalue weighted by atomic mass is 10.1. The highest BCUT2D eigenvalue weighted by atomic mass is 32.1. The summed E-state index contributed by atoms with van der Waals surface area (Å²) in [4.78, 5) is 24.2. The number of nitrogens with zero attached hydrogens (tertiary/aromatic N) is 1. The van der Waals surface area contributed by atoms with Crippen molar-refractivity contribution in [3.63, 3.8) is 0 Å². The van der Waals surface area contributed by atoms with Crippen molar-refractivity contribution < 1.29 is 22.8 Å². The Kier molecular flexibility index (Phi) is 5.25. The van der Waals surface area contributed by atoms with Crippen LogP contribution in [0.3, 0.4) is 0 Å².